The largest absolute Gasteiger partial charge is 0.507 e. The monoisotopic (exact) mass is 448 g/mol. The second-order valence-corrected chi connectivity index (χ2v) is 7.78. The molecular formula is C25H21ClN2O4. The summed E-state index contributed by atoms with van der Waals surface area (Å²) in [5, 5.41) is 11.7. The van der Waals surface area contributed by atoms with Gasteiger partial charge in [-0.1, -0.05) is 17.7 Å². The molecule has 2 aromatic carbocycles. The molecule has 4 rings (SSSR count). The predicted molar refractivity (Wildman–Crippen MR) is 123 cm³/mol. The molecule has 162 valence electrons. The summed E-state index contributed by atoms with van der Waals surface area (Å²) in [6.07, 6.45) is 3.18. The van der Waals surface area contributed by atoms with Gasteiger partial charge in [0.1, 0.15) is 11.5 Å². The number of benzene rings is 2. The molecule has 0 spiro atoms. The summed E-state index contributed by atoms with van der Waals surface area (Å²) < 4.78 is 5.56. The van der Waals surface area contributed by atoms with Crippen molar-refractivity contribution in [1.29, 1.82) is 0 Å². The van der Waals surface area contributed by atoms with Crippen LogP contribution in [0.2, 0.25) is 5.02 Å². The van der Waals surface area contributed by atoms with E-state index < -0.39 is 17.7 Å². The fourth-order valence-corrected chi connectivity index (χ4v) is 3.95. The number of carbonyl (C=O) groups is 2. The fourth-order valence-electron chi connectivity index (χ4n) is 3.82. The van der Waals surface area contributed by atoms with Crippen LogP contribution in [0.1, 0.15) is 29.7 Å². The Bertz CT molecular complexity index is 1210. The summed E-state index contributed by atoms with van der Waals surface area (Å²) in [5.74, 6) is -1.06. The average Bonchev–Trinajstić information content (AvgIpc) is 3.06. The van der Waals surface area contributed by atoms with Crippen LogP contribution in [-0.4, -0.2) is 28.4 Å². The quantitative estimate of drug-likeness (QED) is 0.335. The van der Waals surface area contributed by atoms with E-state index >= 15 is 0 Å². The second kappa shape index (κ2) is 8.85. The molecule has 1 fully saturated rings. The highest BCUT2D eigenvalue weighted by molar-refractivity contribution is 6.51. The molecule has 1 aliphatic heterocycles. The Morgan fingerprint density at radius 1 is 1.16 bits per heavy atom. The molecule has 6 nitrogen and oxygen atoms in total. The smallest absolute Gasteiger partial charge is 0.300 e. The highest BCUT2D eigenvalue weighted by Gasteiger charge is 2.47. The van der Waals surface area contributed by atoms with Crippen molar-refractivity contribution < 1.29 is 19.4 Å². The number of amides is 1. The number of pyridine rings is 1. The van der Waals surface area contributed by atoms with Crippen LogP contribution in [-0.2, 0) is 9.59 Å². The molecule has 0 bridgehead atoms. The molecule has 1 unspecified atom stereocenters. The average molecular weight is 449 g/mol. The van der Waals surface area contributed by atoms with Crippen LogP contribution >= 0.6 is 11.6 Å². The van der Waals surface area contributed by atoms with Gasteiger partial charge in [-0.2, -0.15) is 0 Å². The van der Waals surface area contributed by atoms with Crippen molar-refractivity contribution in [3.05, 3.63) is 94.3 Å². The van der Waals surface area contributed by atoms with Gasteiger partial charge < -0.3 is 9.84 Å². The number of aliphatic hydroxyl groups is 1. The van der Waals surface area contributed by atoms with Gasteiger partial charge in [0.2, 0.25) is 0 Å². The van der Waals surface area contributed by atoms with E-state index in [1.54, 1.807) is 67.0 Å². The first-order valence-electron chi connectivity index (χ1n) is 10.1. The molecular weight excluding hydrogens is 428 g/mol. The summed E-state index contributed by atoms with van der Waals surface area (Å²) in [7, 11) is 0. The van der Waals surface area contributed by atoms with Crippen LogP contribution < -0.4 is 9.64 Å². The van der Waals surface area contributed by atoms with Crippen molar-refractivity contribution in [2.45, 2.75) is 19.9 Å². The number of ether oxygens (including phenoxy) is 1. The molecule has 2 heterocycles. The number of aryl methyl sites for hydroxylation is 1. The van der Waals surface area contributed by atoms with Crippen LogP contribution in [0.25, 0.3) is 5.76 Å². The van der Waals surface area contributed by atoms with Crippen molar-refractivity contribution in [2.75, 3.05) is 11.5 Å². The first-order chi connectivity index (χ1) is 15.4. The minimum Gasteiger partial charge on any atom is -0.507 e. The number of halogens is 1. The molecule has 1 amide bonds. The molecule has 1 atom stereocenters. The third-order valence-electron chi connectivity index (χ3n) is 5.30. The van der Waals surface area contributed by atoms with Crippen molar-refractivity contribution in [3.63, 3.8) is 0 Å². The van der Waals surface area contributed by atoms with Crippen LogP contribution in [0.15, 0.2) is 72.6 Å². The number of carbonyl (C=O) groups excluding carboxylic acids is 2. The van der Waals surface area contributed by atoms with Gasteiger partial charge in [0.05, 0.1) is 18.2 Å². The number of aliphatic hydroxyl groups excluding tert-OH is 1. The second-order valence-electron chi connectivity index (χ2n) is 7.35. The van der Waals surface area contributed by atoms with Gasteiger partial charge in [0.25, 0.3) is 11.7 Å². The number of nitrogens with zero attached hydrogens (tertiary/aromatic N) is 2. The van der Waals surface area contributed by atoms with Gasteiger partial charge in [0.15, 0.2) is 0 Å². The Morgan fingerprint density at radius 3 is 2.53 bits per heavy atom. The van der Waals surface area contributed by atoms with Gasteiger partial charge >= 0.3 is 0 Å². The highest BCUT2D eigenvalue weighted by atomic mass is 35.5. The summed E-state index contributed by atoms with van der Waals surface area (Å²) >= 11 is 6.01. The summed E-state index contributed by atoms with van der Waals surface area (Å²) in [6.45, 7) is 4.26. The van der Waals surface area contributed by atoms with Crippen LogP contribution in [0.4, 0.5) is 5.69 Å². The fraction of sp³-hybridized carbons (Fsp3) is 0.160. The summed E-state index contributed by atoms with van der Waals surface area (Å²) in [4.78, 5) is 31.7. The molecule has 7 heteroatoms. The maximum absolute atomic E-state index is 13.1. The Hall–Kier alpha value is -3.64. The minimum atomic E-state index is -0.836. The number of hydrogen-bond donors (Lipinski definition) is 1. The molecule has 0 radical (unpaired) electrons. The topological polar surface area (TPSA) is 79.7 Å². The molecule has 3 aromatic rings. The predicted octanol–water partition coefficient (Wildman–Crippen LogP) is 5.07. The van der Waals surface area contributed by atoms with Crippen LogP contribution in [0.5, 0.6) is 5.75 Å². The zero-order valence-electron chi connectivity index (χ0n) is 17.6. The third-order valence-corrected chi connectivity index (χ3v) is 5.55. The summed E-state index contributed by atoms with van der Waals surface area (Å²) in [5.41, 5.74) is 2.33. The first kappa shape index (κ1) is 21.6. The minimum absolute atomic E-state index is 0.00140. The van der Waals surface area contributed by atoms with E-state index in [4.69, 9.17) is 16.3 Å². The van der Waals surface area contributed by atoms with Gasteiger partial charge in [-0.05, 0) is 73.5 Å². The van der Waals surface area contributed by atoms with Crippen LogP contribution in [0, 0.1) is 6.92 Å². The van der Waals surface area contributed by atoms with E-state index in [0.29, 0.717) is 34.2 Å². The SMILES string of the molecule is CCOc1ccc(/C(O)=C2/C(=O)C(=O)N(c3ccc(Cl)cc3)C2c2cccnc2)cc1C. The molecule has 1 aromatic heterocycles. The van der Waals surface area contributed by atoms with Gasteiger partial charge in [-0.15, -0.1) is 0 Å². The van der Waals surface area contributed by atoms with E-state index in [9.17, 15) is 14.7 Å². The maximum Gasteiger partial charge on any atom is 0.300 e. The highest BCUT2D eigenvalue weighted by Crippen LogP contribution is 2.42. The zero-order valence-corrected chi connectivity index (χ0v) is 18.3. The molecule has 1 aliphatic rings. The standard InChI is InChI=1S/C25H21ClN2O4/c1-3-32-20-11-6-16(13-15(20)2)23(29)21-22(17-5-4-12-27-14-17)28(25(31)24(21)30)19-9-7-18(26)8-10-19/h4-14,22,29H,3H2,1-2H3/b23-21-. The zero-order chi connectivity index (χ0) is 22.8. The Morgan fingerprint density at radius 2 is 1.91 bits per heavy atom. The molecule has 1 N–H and O–H groups in total. The third kappa shape index (κ3) is 3.85. The number of rotatable bonds is 5. The lowest BCUT2D eigenvalue weighted by Gasteiger charge is -2.25. The molecule has 1 saturated heterocycles. The van der Waals surface area contributed by atoms with Crippen molar-refractivity contribution in [1.82, 2.24) is 4.98 Å². The van der Waals surface area contributed by atoms with E-state index in [2.05, 4.69) is 4.98 Å². The Balaban J connectivity index is 1.89. The number of aromatic nitrogens is 1. The molecule has 0 saturated carbocycles. The first-order valence-corrected chi connectivity index (χ1v) is 10.5. The van der Waals surface area contributed by atoms with Crippen molar-refractivity contribution >= 4 is 34.7 Å². The van der Waals surface area contributed by atoms with Gasteiger partial charge in [-0.25, -0.2) is 0 Å². The van der Waals surface area contributed by atoms with Crippen molar-refractivity contribution in [2.24, 2.45) is 0 Å². The van der Waals surface area contributed by atoms with E-state index in [-0.39, 0.29) is 11.3 Å². The van der Waals surface area contributed by atoms with E-state index in [1.807, 2.05) is 13.8 Å². The normalized spacial score (nSPS) is 17.6. The van der Waals surface area contributed by atoms with Gasteiger partial charge in [0, 0.05) is 28.7 Å². The summed E-state index contributed by atoms with van der Waals surface area (Å²) in [6, 6.07) is 14.4. The van der Waals surface area contributed by atoms with Crippen LogP contribution in [0.3, 0.4) is 0 Å². The number of ketones is 1. The van der Waals surface area contributed by atoms with Gasteiger partial charge in [-0.3, -0.25) is 19.5 Å². The number of Topliss-reactive ketones (excluding diaryl/α,β-unsaturated/α-hetero) is 1. The Kier molecular flexibility index (Phi) is 5.97. The lowest BCUT2D eigenvalue weighted by molar-refractivity contribution is -0.132. The Labute approximate surface area is 190 Å². The lowest BCUT2D eigenvalue weighted by Crippen LogP contribution is -2.29. The maximum atomic E-state index is 13.1. The lowest BCUT2D eigenvalue weighted by atomic mass is 9.95. The van der Waals surface area contributed by atoms with E-state index in [1.165, 1.54) is 4.90 Å². The number of anilines is 1. The molecule has 32 heavy (non-hydrogen) atoms. The van der Waals surface area contributed by atoms with E-state index in [0.717, 1.165) is 5.56 Å². The number of hydrogen-bond acceptors (Lipinski definition) is 5. The van der Waals surface area contributed by atoms with Crippen molar-refractivity contribution in [3.8, 4) is 5.75 Å². The molecule has 0 aliphatic carbocycles.